The van der Waals surface area contributed by atoms with E-state index in [0.717, 1.165) is 6.42 Å². The van der Waals surface area contributed by atoms with Gasteiger partial charge in [0.1, 0.15) is 0 Å². The van der Waals surface area contributed by atoms with Crippen LogP contribution in [0, 0.1) is 0 Å². The van der Waals surface area contributed by atoms with E-state index in [1.807, 2.05) is 6.92 Å². The zero-order valence-corrected chi connectivity index (χ0v) is 8.00. The third kappa shape index (κ3) is 2.48. The number of rotatable bonds is 2. The number of ether oxygens (including phenoxy) is 1. The molecule has 0 saturated heterocycles. The van der Waals surface area contributed by atoms with E-state index >= 15 is 0 Å². The van der Waals surface area contributed by atoms with E-state index in [0.29, 0.717) is 12.3 Å². The van der Waals surface area contributed by atoms with Crippen molar-refractivity contribution in [3.05, 3.63) is 0 Å². The number of aliphatic hydroxyl groups is 1. The highest BCUT2D eigenvalue weighted by molar-refractivity contribution is 5.77. The van der Waals surface area contributed by atoms with Gasteiger partial charge in [0.25, 0.3) is 0 Å². The van der Waals surface area contributed by atoms with Crippen molar-refractivity contribution < 1.29 is 9.84 Å². The second-order valence-corrected chi connectivity index (χ2v) is 3.92. The third-order valence-electron chi connectivity index (χ3n) is 1.88. The predicted octanol–water partition coefficient (Wildman–Crippen LogP) is 1.35. The Morgan fingerprint density at radius 2 is 2.33 bits per heavy atom. The van der Waals surface area contributed by atoms with Gasteiger partial charge in [-0.2, -0.15) is 0 Å². The van der Waals surface area contributed by atoms with Gasteiger partial charge in [-0.1, -0.05) is 0 Å². The smallest absolute Gasteiger partial charge is 0.186 e. The van der Waals surface area contributed by atoms with Crippen LogP contribution in [0.5, 0.6) is 0 Å². The molecule has 0 bridgehead atoms. The molecule has 3 heteroatoms. The number of aliphatic imine (C=N–C) groups is 1. The molecule has 12 heavy (non-hydrogen) atoms. The maximum atomic E-state index is 8.71. The first-order valence-electron chi connectivity index (χ1n) is 4.40. The van der Waals surface area contributed by atoms with Crippen LogP contribution >= 0.6 is 0 Å². The molecule has 1 rings (SSSR count). The molecule has 0 fully saturated rings. The van der Waals surface area contributed by atoms with Gasteiger partial charge < -0.3 is 9.84 Å². The van der Waals surface area contributed by atoms with E-state index < -0.39 is 0 Å². The van der Waals surface area contributed by atoms with Crippen LogP contribution < -0.4 is 0 Å². The summed E-state index contributed by atoms with van der Waals surface area (Å²) in [4.78, 5) is 4.39. The summed E-state index contributed by atoms with van der Waals surface area (Å²) in [5, 5.41) is 8.71. The highest BCUT2D eigenvalue weighted by atomic mass is 16.5. The first-order chi connectivity index (χ1) is 5.53. The lowest BCUT2D eigenvalue weighted by molar-refractivity contribution is 0.135. The monoisotopic (exact) mass is 171 g/mol. The van der Waals surface area contributed by atoms with Gasteiger partial charge in [-0.25, -0.2) is 4.99 Å². The summed E-state index contributed by atoms with van der Waals surface area (Å²) >= 11 is 0. The van der Waals surface area contributed by atoms with Gasteiger partial charge in [-0.3, -0.25) is 0 Å². The third-order valence-corrected chi connectivity index (χ3v) is 1.88. The highest BCUT2D eigenvalue weighted by Gasteiger charge is 2.27. The summed E-state index contributed by atoms with van der Waals surface area (Å²) in [5.74, 6) is 0.696. The van der Waals surface area contributed by atoms with Crippen LogP contribution in [0.1, 0.15) is 33.6 Å². The van der Waals surface area contributed by atoms with Crippen LogP contribution in [0.2, 0.25) is 0 Å². The Kier molecular flexibility index (Phi) is 2.73. The average molecular weight is 171 g/mol. The van der Waals surface area contributed by atoms with Crippen molar-refractivity contribution in [1.82, 2.24) is 0 Å². The van der Waals surface area contributed by atoms with Crippen molar-refractivity contribution in [2.45, 2.75) is 45.3 Å². The minimum atomic E-state index is -0.0256. The van der Waals surface area contributed by atoms with Crippen molar-refractivity contribution in [1.29, 1.82) is 0 Å². The van der Waals surface area contributed by atoms with Gasteiger partial charge in [0.15, 0.2) is 5.90 Å². The Morgan fingerprint density at radius 1 is 1.67 bits per heavy atom. The molecule has 1 unspecified atom stereocenters. The van der Waals surface area contributed by atoms with Gasteiger partial charge in [-0.15, -0.1) is 0 Å². The van der Waals surface area contributed by atoms with Crippen molar-refractivity contribution in [3.63, 3.8) is 0 Å². The van der Waals surface area contributed by atoms with Crippen LogP contribution in [0.25, 0.3) is 0 Å². The molecule has 0 spiro atoms. The lowest BCUT2D eigenvalue weighted by Crippen LogP contribution is -2.34. The van der Waals surface area contributed by atoms with Crippen LogP contribution in [-0.4, -0.2) is 29.3 Å². The zero-order chi connectivity index (χ0) is 9.19. The first kappa shape index (κ1) is 9.52. The largest absolute Gasteiger partial charge is 0.478 e. The average Bonchev–Trinajstić information content (AvgIpc) is 1.82. The van der Waals surface area contributed by atoms with E-state index in [-0.39, 0.29) is 18.2 Å². The molecule has 1 aliphatic rings. The summed E-state index contributed by atoms with van der Waals surface area (Å²) in [5.41, 5.74) is -0.0256. The van der Waals surface area contributed by atoms with E-state index in [9.17, 15) is 0 Å². The number of aliphatic hydroxyl groups excluding tert-OH is 1. The predicted molar refractivity (Wildman–Crippen MR) is 48.4 cm³/mol. The topological polar surface area (TPSA) is 41.8 Å². The molecule has 0 aromatic heterocycles. The second-order valence-electron chi connectivity index (χ2n) is 3.92. The summed E-state index contributed by atoms with van der Waals surface area (Å²) < 4.78 is 5.45. The van der Waals surface area contributed by atoms with Crippen molar-refractivity contribution in [2.24, 2.45) is 4.99 Å². The standard InChI is InChI=1S/C9H17NO2/c1-7-6-9(2,3)10-8(12-7)4-5-11/h7,11H,4-6H2,1-3H3. The fraction of sp³-hybridized carbons (Fsp3) is 0.889. The Labute approximate surface area is 73.5 Å². The minimum absolute atomic E-state index is 0.0256. The van der Waals surface area contributed by atoms with E-state index in [1.165, 1.54) is 0 Å². The minimum Gasteiger partial charge on any atom is -0.478 e. The van der Waals surface area contributed by atoms with Crippen molar-refractivity contribution in [2.75, 3.05) is 6.61 Å². The Balaban J connectivity index is 2.66. The van der Waals surface area contributed by atoms with E-state index in [4.69, 9.17) is 9.84 Å². The Morgan fingerprint density at radius 3 is 2.83 bits per heavy atom. The molecule has 0 saturated carbocycles. The number of hydrogen-bond acceptors (Lipinski definition) is 3. The fourth-order valence-electron chi connectivity index (χ4n) is 1.60. The summed E-state index contributed by atoms with van der Waals surface area (Å²) in [7, 11) is 0. The van der Waals surface area contributed by atoms with Crippen LogP contribution in [0.3, 0.4) is 0 Å². The summed E-state index contributed by atoms with van der Waals surface area (Å²) in [6.45, 7) is 6.32. The van der Waals surface area contributed by atoms with Gasteiger partial charge in [0.2, 0.25) is 0 Å². The van der Waals surface area contributed by atoms with Crippen molar-refractivity contribution >= 4 is 5.90 Å². The van der Waals surface area contributed by atoms with Gasteiger partial charge in [-0.05, 0) is 20.8 Å². The molecular formula is C9H17NO2. The van der Waals surface area contributed by atoms with Gasteiger partial charge in [0.05, 0.1) is 18.2 Å². The molecule has 0 radical (unpaired) electrons. The lowest BCUT2D eigenvalue weighted by Gasteiger charge is -2.31. The van der Waals surface area contributed by atoms with Crippen LogP contribution in [0.15, 0.2) is 4.99 Å². The van der Waals surface area contributed by atoms with Crippen LogP contribution in [-0.2, 0) is 4.74 Å². The molecule has 1 N–H and O–H groups in total. The maximum absolute atomic E-state index is 8.71. The van der Waals surface area contributed by atoms with Gasteiger partial charge in [0, 0.05) is 12.8 Å². The molecule has 3 nitrogen and oxygen atoms in total. The molecule has 0 aromatic carbocycles. The molecular weight excluding hydrogens is 154 g/mol. The van der Waals surface area contributed by atoms with Gasteiger partial charge >= 0.3 is 0 Å². The zero-order valence-electron chi connectivity index (χ0n) is 8.00. The molecule has 0 aliphatic carbocycles. The molecule has 1 heterocycles. The molecule has 1 aliphatic heterocycles. The normalized spacial score (nSPS) is 27.7. The molecule has 0 amide bonds. The highest BCUT2D eigenvalue weighted by Crippen LogP contribution is 2.24. The van der Waals surface area contributed by atoms with Crippen molar-refractivity contribution in [3.8, 4) is 0 Å². The summed E-state index contributed by atoms with van der Waals surface area (Å²) in [6.07, 6.45) is 1.70. The number of hydrogen-bond donors (Lipinski definition) is 1. The Bertz CT molecular complexity index is 187. The molecule has 70 valence electrons. The van der Waals surface area contributed by atoms with Crippen LogP contribution in [0.4, 0.5) is 0 Å². The first-order valence-corrected chi connectivity index (χ1v) is 4.40. The quantitative estimate of drug-likeness (QED) is 0.681. The maximum Gasteiger partial charge on any atom is 0.186 e. The summed E-state index contributed by atoms with van der Waals surface area (Å²) in [6, 6.07) is 0. The number of nitrogens with zero attached hydrogens (tertiary/aromatic N) is 1. The van der Waals surface area contributed by atoms with E-state index in [1.54, 1.807) is 0 Å². The Hall–Kier alpha value is -0.570. The second kappa shape index (κ2) is 3.44. The lowest BCUT2D eigenvalue weighted by atomic mass is 9.97. The molecule has 1 atom stereocenters. The SMILES string of the molecule is CC1CC(C)(C)N=C(CCO)O1. The van der Waals surface area contributed by atoms with E-state index in [2.05, 4.69) is 18.8 Å². The fourth-order valence-corrected chi connectivity index (χ4v) is 1.60. The molecule has 0 aromatic rings.